The number of carbonyl (C=O) groups is 1. The van der Waals surface area contributed by atoms with Crippen molar-refractivity contribution in [2.24, 2.45) is 0 Å². The van der Waals surface area contributed by atoms with E-state index in [-0.39, 0.29) is 5.56 Å². The number of aromatic carboxylic acids is 1. The van der Waals surface area contributed by atoms with Gasteiger partial charge in [0.2, 0.25) is 0 Å². The van der Waals surface area contributed by atoms with Crippen molar-refractivity contribution in [3.8, 4) is 22.3 Å². The Kier molecular flexibility index (Phi) is 3.48. The van der Waals surface area contributed by atoms with Crippen LogP contribution in [0.2, 0.25) is 0 Å². The molecule has 0 aliphatic heterocycles. The monoisotopic (exact) mass is 275 g/mol. The van der Waals surface area contributed by atoms with Crippen molar-refractivity contribution in [2.75, 3.05) is 0 Å². The molecule has 0 spiro atoms. The zero-order chi connectivity index (χ0) is 14.7. The predicted molar refractivity (Wildman–Crippen MR) is 82.1 cm³/mol. The van der Waals surface area contributed by atoms with Gasteiger partial charge in [-0.2, -0.15) is 0 Å². The van der Waals surface area contributed by atoms with Crippen LogP contribution in [0.5, 0.6) is 0 Å². The largest absolute Gasteiger partial charge is 0.478 e. The molecule has 21 heavy (non-hydrogen) atoms. The van der Waals surface area contributed by atoms with Gasteiger partial charge in [-0.25, -0.2) is 4.79 Å². The van der Waals surface area contributed by atoms with Crippen LogP contribution >= 0.6 is 0 Å². The molecule has 0 fully saturated rings. The van der Waals surface area contributed by atoms with Crippen LogP contribution in [0.4, 0.5) is 0 Å². The second kappa shape index (κ2) is 5.59. The molecule has 2 aromatic carbocycles. The number of nitrogens with zero attached hydrogens (tertiary/aromatic N) is 1. The second-order valence-corrected chi connectivity index (χ2v) is 4.67. The second-order valence-electron chi connectivity index (χ2n) is 4.67. The summed E-state index contributed by atoms with van der Waals surface area (Å²) in [5.41, 5.74) is 4.45. The fourth-order valence-electron chi connectivity index (χ4n) is 2.30. The van der Waals surface area contributed by atoms with Crippen LogP contribution in [-0.4, -0.2) is 16.1 Å². The molecule has 0 unspecified atom stereocenters. The van der Waals surface area contributed by atoms with Gasteiger partial charge in [0.1, 0.15) is 0 Å². The lowest BCUT2D eigenvalue weighted by Crippen LogP contribution is -1.95. The Balaban J connectivity index is 2.09. The highest BCUT2D eigenvalue weighted by molar-refractivity contribution is 5.89. The molecule has 3 heteroatoms. The van der Waals surface area contributed by atoms with Crippen LogP contribution in [0.25, 0.3) is 22.3 Å². The minimum Gasteiger partial charge on any atom is -0.478 e. The molecule has 102 valence electrons. The molecule has 0 aliphatic rings. The van der Waals surface area contributed by atoms with E-state index in [0.717, 1.165) is 22.3 Å². The summed E-state index contributed by atoms with van der Waals surface area (Å²) in [6, 6.07) is 18.8. The smallest absolute Gasteiger partial charge is 0.335 e. The third kappa shape index (κ3) is 2.67. The molecule has 0 saturated carbocycles. The topological polar surface area (TPSA) is 50.2 Å². The minimum absolute atomic E-state index is 0.289. The molecule has 0 saturated heterocycles. The van der Waals surface area contributed by atoms with Crippen molar-refractivity contribution in [1.82, 2.24) is 4.98 Å². The summed E-state index contributed by atoms with van der Waals surface area (Å²) in [4.78, 5) is 15.1. The van der Waals surface area contributed by atoms with Crippen molar-refractivity contribution in [3.63, 3.8) is 0 Å². The van der Waals surface area contributed by atoms with E-state index in [4.69, 9.17) is 5.11 Å². The lowest BCUT2D eigenvalue weighted by atomic mass is 9.95. The molecule has 1 N–H and O–H groups in total. The summed E-state index contributed by atoms with van der Waals surface area (Å²) >= 11 is 0. The van der Waals surface area contributed by atoms with E-state index in [1.165, 1.54) is 0 Å². The maximum Gasteiger partial charge on any atom is 0.335 e. The summed E-state index contributed by atoms with van der Waals surface area (Å²) in [6.45, 7) is 0. The maximum absolute atomic E-state index is 10.9. The van der Waals surface area contributed by atoms with Crippen LogP contribution in [-0.2, 0) is 0 Å². The minimum atomic E-state index is -0.915. The number of pyridine rings is 1. The molecular weight excluding hydrogens is 262 g/mol. The van der Waals surface area contributed by atoms with E-state index in [2.05, 4.69) is 4.98 Å². The van der Waals surface area contributed by atoms with E-state index >= 15 is 0 Å². The summed E-state index contributed by atoms with van der Waals surface area (Å²) < 4.78 is 0. The SMILES string of the molecule is O=C(O)c1ccc(-c2ccccc2-c2cccnc2)cc1. The van der Waals surface area contributed by atoms with E-state index in [9.17, 15) is 4.79 Å². The van der Waals surface area contributed by atoms with Gasteiger partial charge in [0, 0.05) is 18.0 Å². The normalized spacial score (nSPS) is 10.3. The first-order valence-corrected chi connectivity index (χ1v) is 6.59. The number of hydrogen-bond acceptors (Lipinski definition) is 2. The van der Waals surface area contributed by atoms with Crippen LogP contribution in [0.3, 0.4) is 0 Å². The zero-order valence-electron chi connectivity index (χ0n) is 11.2. The van der Waals surface area contributed by atoms with Crippen molar-refractivity contribution in [3.05, 3.63) is 78.6 Å². The Bertz CT molecular complexity index is 765. The first-order valence-electron chi connectivity index (χ1n) is 6.59. The molecule has 0 amide bonds. The van der Waals surface area contributed by atoms with E-state index in [0.29, 0.717) is 0 Å². The summed E-state index contributed by atoms with van der Waals surface area (Å²) in [5, 5.41) is 8.97. The van der Waals surface area contributed by atoms with Gasteiger partial charge in [-0.05, 0) is 34.9 Å². The molecule has 1 heterocycles. The number of hydrogen-bond donors (Lipinski definition) is 1. The Labute approximate surface area is 122 Å². The predicted octanol–water partition coefficient (Wildman–Crippen LogP) is 4.11. The standard InChI is InChI=1S/C18H13NO2/c20-18(21)14-9-7-13(8-10-14)16-5-1-2-6-17(16)15-4-3-11-19-12-15/h1-12H,(H,20,21). The summed E-state index contributed by atoms with van der Waals surface area (Å²) in [6.07, 6.45) is 3.57. The van der Waals surface area contributed by atoms with Crippen molar-refractivity contribution < 1.29 is 9.90 Å². The van der Waals surface area contributed by atoms with Crippen LogP contribution in [0.15, 0.2) is 73.1 Å². The van der Waals surface area contributed by atoms with Crippen LogP contribution < -0.4 is 0 Å². The molecule has 3 nitrogen and oxygen atoms in total. The number of carboxylic acids is 1. The number of benzene rings is 2. The van der Waals surface area contributed by atoms with Crippen LogP contribution in [0.1, 0.15) is 10.4 Å². The van der Waals surface area contributed by atoms with Gasteiger partial charge in [0.05, 0.1) is 5.56 Å². The molecule has 3 aromatic rings. The van der Waals surface area contributed by atoms with E-state index in [1.807, 2.05) is 54.7 Å². The van der Waals surface area contributed by atoms with Crippen molar-refractivity contribution >= 4 is 5.97 Å². The van der Waals surface area contributed by atoms with Gasteiger partial charge in [-0.15, -0.1) is 0 Å². The first-order chi connectivity index (χ1) is 10.3. The molecule has 0 bridgehead atoms. The van der Waals surface area contributed by atoms with Gasteiger partial charge >= 0.3 is 5.97 Å². The maximum atomic E-state index is 10.9. The molecule has 1 aromatic heterocycles. The molecule has 3 rings (SSSR count). The Hall–Kier alpha value is -2.94. The first kappa shape index (κ1) is 13.1. The molecule has 0 atom stereocenters. The Morgan fingerprint density at radius 2 is 1.48 bits per heavy atom. The average Bonchev–Trinajstić information content (AvgIpc) is 2.56. The van der Waals surface area contributed by atoms with E-state index < -0.39 is 5.97 Å². The van der Waals surface area contributed by atoms with E-state index in [1.54, 1.807) is 18.3 Å². The Morgan fingerprint density at radius 1 is 0.810 bits per heavy atom. The highest BCUT2D eigenvalue weighted by Crippen LogP contribution is 2.31. The molecule has 0 aliphatic carbocycles. The number of aromatic nitrogens is 1. The average molecular weight is 275 g/mol. The third-order valence-corrected chi connectivity index (χ3v) is 3.34. The lowest BCUT2D eigenvalue weighted by Gasteiger charge is -2.10. The van der Waals surface area contributed by atoms with Crippen LogP contribution in [0, 0.1) is 0 Å². The van der Waals surface area contributed by atoms with Gasteiger partial charge in [-0.3, -0.25) is 4.98 Å². The summed E-state index contributed by atoms with van der Waals surface area (Å²) in [5.74, 6) is -0.915. The third-order valence-electron chi connectivity index (χ3n) is 3.34. The van der Waals surface area contributed by atoms with Gasteiger partial charge < -0.3 is 5.11 Å². The lowest BCUT2D eigenvalue weighted by molar-refractivity contribution is 0.0697. The quantitative estimate of drug-likeness (QED) is 0.782. The summed E-state index contributed by atoms with van der Waals surface area (Å²) in [7, 11) is 0. The molecule has 0 radical (unpaired) electrons. The van der Waals surface area contributed by atoms with Gasteiger partial charge in [0.15, 0.2) is 0 Å². The fraction of sp³-hybridized carbons (Fsp3) is 0. The van der Waals surface area contributed by atoms with Crippen molar-refractivity contribution in [2.45, 2.75) is 0 Å². The fourth-order valence-corrected chi connectivity index (χ4v) is 2.30. The number of rotatable bonds is 3. The van der Waals surface area contributed by atoms with Gasteiger partial charge in [0.25, 0.3) is 0 Å². The van der Waals surface area contributed by atoms with Crippen molar-refractivity contribution in [1.29, 1.82) is 0 Å². The number of carboxylic acid groups (broad SMARTS) is 1. The molecular formula is C18H13NO2. The highest BCUT2D eigenvalue weighted by Gasteiger charge is 2.08. The Morgan fingerprint density at radius 3 is 2.05 bits per heavy atom. The highest BCUT2D eigenvalue weighted by atomic mass is 16.4. The van der Waals surface area contributed by atoms with Gasteiger partial charge in [-0.1, -0.05) is 42.5 Å². The zero-order valence-corrected chi connectivity index (χ0v) is 11.2.